The Morgan fingerprint density at radius 1 is 0.826 bits per heavy atom. The van der Waals surface area contributed by atoms with Gasteiger partial charge in [0.25, 0.3) is 5.91 Å². The second kappa shape index (κ2) is 7.96. The summed E-state index contributed by atoms with van der Waals surface area (Å²) in [5.74, 6) is 1.04. The SMILES string of the molecule is CC(C)c1ccc(CCNC(=O)c2ccc(C(C)C)cc2)cc1. The van der Waals surface area contributed by atoms with E-state index in [9.17, 15) is 4.79 Å². The van der Waals surface area contributed by atoms with E-state index in [0.717, 1.165) is 12.0 Å². The molecule has 2 heteroatoms. The van der Waals surface area contributed by atoms with Gasteiger partial charge in [0.2, 0.25) is 0 Å². The topological polar surface area (TPSA) is 29.1 Å². The van der Waals surface area contributed by atoms with Crippen LogP contribution in [-0.2, 0) is 6.42 Å². The average molecular weight is 309 g/mol. The molecule has 0 unspecified atom stereocenters. The molecule has 0 saturated heterocycles. The summed E-state index contributed by atoms with van der Waals surface area (Å²) in [6.45, 7) is 9.35. The van der Waals surface area contributed by atoms with Crippen LogP contribution in [0, 0.1) is 0 Å². The van der Waals surface area contributed by atoms with Crippen molar-refractivity contribution in [3.8, 4) is 0 Å². The molecule has 0 aliphatic rings. The summed E-state index contributed by atoms with van der Waals surface area (Å²) in [5.41, 5.74) is 4.59. The minimum absolute atomic E-state index is 0.000827. The number of hydrogen-bond donors (Lipinski definition) is 1. The summed E-state index contributed by atoms with van der Waals surface area (Å²) in [5, 5.41) is 2.99. The monoisotopic (exact) mass is 309 g/mol. The molecule has 122 valence electrons. The maximum absolute atomic E-state index is 12.1. The molecule has 0 aliphatic heterocycles. The first-order chi connectivity index (χ1) is 11.0. The molecule has 1 amide bonds. The van der Waals surface area contributed by atoms with Gasteiger partial charge in [0.1, 0.15) is 0 Å². The molecule has 0 aromatic heterocycles. The van der Waals surface area contributed by atoms with Crippen LogP contribution in [0.1, 0.15) is 66.6 Å². The molecule has 0 spiro atoms. The molecule has 0 radical (unpaired) electrons. The molecule has 2 rings (SSSR count). The minimum atomic E-state index is -0.000827. The smallest absolute Gasteiger partial charge is 0.251 e. The Morgan fingerprint density at radius 3 is 1.78 bits per heavy atom. The van der Waals surface area contributed by atoms with Crippen LogP contribution < -0.4 is 5.32 Å². The van der Waals surface area contributed by atoms with E-state index >= 15 is 0 Å². The maximum atomic E-state index is 12.1. The van der Waals surface area contributed by atoms with E-state index < -0.39 is 0 Å². The Morgan fingerprint density at radius 2 is 1.30 bits per heavy atom. The Hall–Kier alpha value is -2.09. The Balaban J connectivity index is 1.84. The fourth-order valence-electron chi connectivity index (χ4n) is 2.51. The summed E-state index contributed by atoms with van der Waals surface area (Å²) < 4.78 is 0. The maximum Gasteiger partial charge on any atom is 0.251 e. The highest BCUT2D eigenvalue weighted by molar-refractivity contribution is 5.94. The van der Waals surface area contributed by atoms with E-state index in [1.54, 1.807) is 0 Å². The zero-order valence-electron chi connectivity index (χ0n) is 14.6. The number of carbonyl (C=O) groups excluding carboxylic acids is 1. The fraction of sp³-hybridized carbons (Fsp3) is 0.381. The highest BCUT2D eigenvalue weighted by atomic mass is 16.1. The lowest BCUT2D eigenvalue weighted by atomic mass is 10.0. The van der Waals surface area contributed by atoms with E-state index in [4.69, 9.17) is 0 Å². The molecule has 2 nitrogen and oxygen atoms in total. The summed E-state index contributed by atoms with van der Waals surface area (Å²) in [6.07, 6.45) is 0.855. The fourth-order valence-corrected chi connectivity index (χ4v) is 2.51. The number of nitrogens with one attached hydrogen (secondary N) is 1. The van der Waals surface area contributed by atoms with Gasteiger partial charge >= 0.3 is 0 Å². The van der Waals surface area contributed by atoms with Gasteiger partial charge in [-0.05, 0) is 47.1 Å². The first kappa shape index (κ1) is 17.3. The Kier molecular flexibility index (Phi) is 5.97. The predicted molar refractivity (Wildman–Crippen MR) is 97.1 cm³/mol. The third kappa shape index (κ3) is 4.95. The van der Waals surface area contributed by atoms with Crippen LogP contribution in [0.5, 0.6) is 0 Å². The van der Waals surface area contributed by atoms with Gasteiger partial charge in [0, 0.05) is 12.1 Å². The van der Waals surface area contributed by atoms with Crippen LogP contribution in [0.15, 0.2) is 48.5 Å². The van der Waals surface area contributed by atoms with Crippen molar-refractivity contribution < 1.29 is 4.79 Å². The number of benzene rings is 2. The molecule has 2 aromatic carbocycles. The number of rotatable bonds is 6. The molecule has 0 atom stereocenters. The molecule has 0 heterocycles. The third-order valence-electron chi connectivity index (χ3n) is 4.19. The molecular formula is C21H27NO. The standard InChI is InChI=1S/C21H27NO/c1-15(2)18-7-5-17(6-8-18)13-14-22-21(23)20-11-9-19(10-12-20)16(3)4/h5-12,15-16H,13-14H2,1-4H3,(H,22,23). The first-order valence-corrected chi connectivity index (χ1v) is 8.44. The van der Waals surface area contributed by atoms with Gasteiger partial charge < -0.3 is 5.32 Å². The number of carbonyl (C=O) groups is 1. The van der Waals surface area contributed by atoms with Gasteiger partial charge in [0.05, 0.1) is 0 Å². The minimum Gasteiger partial charge on any atom is -0.352 e. The van der Waals surface area contributed by atoms with Crippen molar-refractivity contribution in [3.05, 3.63) is 70.8 Å². The molecule has 0 fully saturated rings. The van der Waals surface area contributed by atoms with Crippen molar-refractivity contribution >= 4 is 5.91 Å². The highest BCUT2D eigenvalue weighted by Crippen LogP contribution is 2.15. The number of hydrogen-bond acceptors (Lipinski definition) is 1. The lowest BCUT2D eigenvalue weighted by Gasteiger charge is -2.09. The Bertz CT molecular complexity index is 624. The van der Waals surface area contributed by atoms with Gasteiger partial charge in [0.15, 0.2) is 0 Å². The second-order valence-corrected chi connectivity index (χ2v) is 6.68. The van der Waals surface area contributed by atoms with Crippen LogP contribution in [-0.4, -0.2) is 12.5 Å². The van der Waals surface area contributed by atoms with Gasteiger partial charge in [-0.25, -0.2) is 0 Å². The zero-order valence-corrected chi connectivity index (χ0v) is 14.6. The van der Waals surface area contributed by atoms with Gasteiger partial charge in [-0.2, -0.15) is 0 Å². The van der Waals surface area contributed by atoms with Crippen molar-refractivity contribution in [1.29, 1.82) is 0 Å². The van der Waals surface area contributed by atoms with Crippen LogP contribution in [0.3, 0.4) is 0 Å². The molecule has 1 N–H and O–H groups in total. The van der Waals surface area contributed by atoms with Crippen LogP contribution in [0.2, 0.25) is 0 Å². The highest BCUT2D eigenvalue weighted by Gasteiger charge is 2.06. The van der Waals surface area contributed by atoms with E-state index in [1.165, 1.54) is 16.7 Å². The molecule has 2 aromatic rings. The zero-order chi connectivity index (χ0) is 16.8. The summed E-state index contributed by atoms with van der Waals surface area (Å²) in [6, 6.07) is 16.5. The lowest BCUT2D eigenvalue weighted by Crippen LogP contribution is -2.25. The average Bonchev–Trinajstić information content (AvgIpc) is 2.55. The number of amides is 1. The molecular weight excluding hydrogens is 282 g/mol. The summed E-state index contributed by atoms with van der Waals surface area (Å²) in [7, 11) is 0. The van der Waals surface area contributed by atoms with Crippen molar-refractivity contribution in [2.75, 3.05) is 6.54 Å². The lowest BCUT2D eigenvalue weighted by molar-refractivity contribution is 0.0954. The van der Waals surface area contributed by atoms with Crippen LogP contribution in [0.25, 0.3) is 0 Å². The second-order valence-electron chi connectivity index (χ2n) is 6.68. The molecule has 23 heavy (non-hydrogen) atoms. The van der Waals surface area contributed by atoms with E-state index in [2.05, 4.69) is 57.3 Å². The summed E-state index contributed by atoms with van der Waals surface area (Å²) in [4.78, 5) is 12.1. The quantitative estimate of drug-likeness (QED) is 0.807. The van der Waals surface area contributed by atoms with E-state index in [-0.39, 0.29) is 5.91 Å². The van der Waals surface area contributed by atoms with Crippen LogP contribution in [0.4, 0.5) is 0 Å². The molecule has 0 bridgehead atoms. The van der Waals surface area contributed by atoms with Gasteiger partial charge in [-0.3, -0.25) is 4.79 Å². The van der Waals surface area contributed by atoms with Crippen molar-refractivity contribution in [3.63, 3.8) is 0 Å². The van der Waals surface area contributed by atoms with E-state index in [1.807, 2.05) is 24.3 Å². The predicted octanol–water partition coefficient (Wildman–Crippen LogP) is 4.91. The van der Waals surface area contributed by atoms with Gasteiger partial charge in [-0.15, -0.1) is 0 Å². The van der Waals surface area contributed by atoms with Crippen LogP contribution >= 0.6 is 0 Å². The molecule has 0 saturated carbocycles. The normalized spacial score (nSPS) is 11.0. The third-order valence-corrected chi connectivity index (χ3v) is 4.19. The van der Waals surface area contributed by atoms with Crippen molar-refractivity contribution in [2.24, 2.45) is 0 Å². The van der Waals surface area contributed by atoms with Crippen molar-refractivity contribution in [1.82, 2.24) is 5.32 Å². The van der Waals surface area contributed by atoms with Crippen molar-refractivity contribution in [2.45, 2.75) is 46.0 Å². The van der Waals surface area contributed by atoms with E-state index in [0.29, 0.717) is 18.4 Å². The Labute approximate surface area is 139 Å². The largest absolute Gasteiger partial charge is 0.352 e. The first-order valence-electron chi connectivity index (χ1n) is 8.44. The summed E-state index contributed by atoms with van der Waals surface area (Å²) >= 11 is 0. The molecule has 0 aliphatic carbocycles. The van der Waals surface area contributed by atoms with Gasteiger partial charge in [-0.1, -0.05) is 64.1 Å².